The SMILES string of the molecule is C.COCC(C)(C)n1c(C)cc2ccccc21.Cc1cc2ccccc2n1C(C)(C)CO.[2H]CF. The number of aliphatic hydroxyl groups is 1. The minimum Gasteiger partial charge on any atom is -0.394 e. The van der Waals surface area contributed by atoms with E-state index in [0.717, 1.165) is 0 Å². The highest BCUT2D eigenvalue weighted by Gasteiger charge is 2.23. The standard InChI is InChI=1S/C14H19NO.C13H17NO.CH3F.CH4/c1-11-9-12-7-5-6-8-13(12)15(11)14(2,3)10-16-4;1-10-8-11-6-4-5-7-12(11)14(10)13(2,3)9-15;1-2;/h5-9H,10H2,1-4H3;4-8,15H,9H2,1-3H3;1H3;1H4/i;;1D;. The zero-order valence-electron chi connectivity index (χ0n) is 22.0. The molecule has 0 radical (unpaired) electrons. The van der Waals surface area contributed by atoms with E-state index in [1.54, 1.807) is 7.11 Å². The van der Waals surface area contributed by atoms with Gasteiger partial charge in [-0.1, -0.05) is 43.8 Å². The Morgan fingerprint density at radius 1 is 0.853 bits per heavy atom. The summed E-state index contributed by atoms with van der Waals surface area (Å²) in [6.07, 6.45) is 0. The number of hydrogen-bond acceptors (Lipinski definition) is 2. The summed E-state index contributed by atoms with van der Waals surface area (Å²) in [5, 5.41) is 12.0. The van der Waals surface area contributed by atoms with Crippen molar-refractivity contribution in [1.29, 1.82) is 0 Å². The van der Waals surface area contributed by atoms with Crippen LogP contribution in [0.25, 0.3) is 21.8 Å². The van der Waals surface area contributed by atoms with Crippen LogP contribution >= 0.6 is 0 Å². The van der Waals surface area contributed by atoms with Gasteiger partial charge in [0, 0.05) is 29.5 Å². The van der Waals surface area contributed by atoms with Crippen molar-refractivity contribution in [3.8, 4) is 0 Å². The lowest BCUT2D eigenvalue weighted by Crippen LogP contribution is -2.32. The first-order valence-corrected chi connectivity index (χ1v) is 11.1. The minimum atomic E-state index is -1.00. The number of fused-ring (bicyclic) bond motifs is 2. The van der Waals surface area contributed by atoms with Crippen LogP contribution in [-0.4, -0.2) is 41.7 Å². The Bertz CT molecular complexity index is 1190. The Labute approximate surface area is 206 Å². The fourth-order valence-corrected chi connectivity index (χ4v) is 4.68. The third kappa shape index (κ3) is 6.08. The summed E-state index contributed by atoms with van der Waals surface area (Å²) in [6.45, 7) is 13.6. The number of nitrogens with zero attached hydrogens (tertiary/aromatic N) is 2. The van der Waals surface area contributed by atoms with E-state index in [1.165, 1.54) is 33.2 Å². The van der Waals surface area contributed by atoms with Gasteiger partial charge in [0.2, 0.25) is 0 Å². The molecule has 0 spiro atoms. The average Bonchev–Trinajstić information content (AvgIpc) is 3.30. The first-order chi connectivity index (χ1) is 16.0. The Kier molecular flexibility index (Phi) is 9.90. The molecule has 2 aromatic heterocycles. The van der Waals surface area contributed by atoms with Crippen molar-refractivity contribution in [3.63, 3.8) is 0 Å². The maximum absolute atomic E-state index is 9.96. The molecule has 0 saturated carbocycles. The summed E-state index contributed by atoms with van der Waals surface area (Å²) < 4.78 is 25.4. The van der Waals surface area contributed by atoms with Crippen molar-refractivity contribution in [1.82, 2.24) is 9.13 Å². The van der Waals surface area contributed by atoms with E-state index in [1.807, 2.05) is 26.0 Å². The molecule has 0 saturated heterocycles. The predicted octanol–water partition coefficient (Wildman–Crippen LogP) is 7.23. The molecule has 34 heavy (non-hydrogen) atoms. The van der Waals surface area contributed by atoms with Crippen molar-refractivity contribution >= 4 is 21.8 Å². The summed E-state index contributed by atoms with van der Waals surface area (Å²) in [4.78, 5) is 0. The van der Waals surface area contributed by atoms with E-state index in [4.69, 9.17) is 6.11 Å². The van der Waals surface area contributed by atoms with E-state index >= 15 is 0 Å². The van der Waals surface area contributed by atoms with Crippen LogP contribution in [0.2, 0.25) is 0 Å². The molecular formula is C29H43FN2O2. The first kappa shape index (κ1) is 27.6. The summed E-state index contributed by atoms with van der Waals surface area (Å²) in [7, 11) is 0.753. The van der Waals surface area contributed by atoms with Gasteiger partial charge < -0.3 is 19.0 Å². The fraction of sp³-hybridized carbons (Fsp3) is 0.448. The van der Waals surface area contributed by atoms with Gasteiger partial charge in [-0.2, -0.15) is 0 Å². The Hall–Kier alpha value is -2.63. The molecule has 4 aromatic rings. The van der Waals surface area contributed by atoms with Gasteiger partial charge in [0.25, 0.3) is 0 Å². The number of ether oxygens (including phenoxy) is 1. The lowest BCUT2D eigenvalue weighted by atomic mass is 10.1. The van der Waals surface area contributed by atoms with E-state index in [-0.39, 0.29) is 25.1 Å². The number of aryl methyl sites for hydroxylation is 2. The molecule has 2 heterocycles. The summed E-state index contributed by atoms with van der Waals surface area (Å²) in [5.74, 6) is 0. The number of halogens is 1. The van der Waals surface area contributed by atoms with Crippen LogP contribution in [0.4, 0.5) is 4.39 Å². The molecular weight excluding hydrogens is 427 g/mol. The number of para-hydroxylation sites is 2. The Morgan fingerprint density at radius 2 is 1.24 bits per heavy atom. The van der Waals surface area contributed by atoms with Gasteiger partial charge in [0.1, 0.15) is 0 Å². The Balaban J connectivity index is 0.000000308. The number of benzene rings is 2. The Morgan fingerprint density at radius 3 is 1.62 bits per heavy atom. The first-order valence-electron chi connectivity index (χ1n) is 11.8. The molecule has 0 aliphatic heterocycles. The van der Waals surface area contributed by atoms with Gasteiger partial charge >= 0.3 is 0 Å². The van der Waals surface area contributed by atoms with Crippen molar-refractivity contribution in [2.24, 2.45) is 0 Å². The van der Waals surface area contributed by atoms with Crippen LogP contribution in [0, 0.1) is 13.8 Å². The number of aliphatic hydroxyl groups excluding tert-OH is 1. The number of aromatic nitrogens is 2. The third-order valence-corrected chi connectivity index (χ3v) is 5.88. The third-order valence-electron chi connectivity index (χ3n) is 5.88. The lowest BCUT2D eigenvalue weighted by Gasteiger charge is -2.29. The minimum absolute atomic E-state index is 0. The van der Waals surface area contributed by atoms with Gasteiger partial charge in [-0.3, -0.25) is 4.39 Å². The van der Waals surface area contributed by atoms with Crippen LogP contribution in [0.15, 0.2) is 60.7 Å². The van der Waals surface area contributed by atoms with Gasteiger partial charge in [-0.15, -0.1) is 0 Å². The van der Waals surface area contributed by atoms with Crippen molar-refractivity contribution < 1.29 is 15.6 Å². The molecule has 0 aliphatic carbocycles. The monoisotopic (exact) mass is 471 g/mol. The highest BCUT2D eigenvalue weighted by molar-refractivity contribution is 5.82. The number of alkyl halides is 1. The average molecular weight is 472 g/mol. The molecule has 5 heteroatoms. The van der Waals surface area contributed by atoms with E-state index in [2.05, 4.69) is 85.4 Å². The largest absolute Gasteiger partial charge is 0.394 e. The van der Waals surface area contributed by atoms with Gasteiger partial charge in [0.15, 0.2) is 0 Å². The highest BCUT2D eigenvalue weighted by atomic mass is 19.1. The van der Waals surface area contributed by atoms with Crippen molar-refractivity contribution in [2.45, 2.75) is 60.0 Å². The zero-order chi connectivity index (χ0) is 25.5. The maximum atomic E-state index is 9.96. The second kappa shape index (κ2) is 12.2. The van der Waals surface area contributed by atoms with E-state index in [0.29, 0.717) is 6.61 Å². The number of methoxy groups -OCH3 is 1. The molecule has 0 aliphatic rings. The molecule has 0 amide bonds. The number of rotatable bonds is 5. The normalized spacial score (nSPS) is 11.7. The van der Waals surface area contributed by atoms with Crippen LogP contribution in [-0.2, 0) is 15.8 Å². The lowest BCUT2D eigenvalue weighted by molar-refractivity contribution is 0.111. The molecule has 4 nitrogen and oxygen atoms in total. The quantitative estimate of drug-likeness (QED) is 0.333. The molecule has 2 aromatic carbocycles. The molecule has 1 N–H and O–H groups in total. The van der Waals surface area contributed by atoms with E-state index < -0.39 is 7.15 Å². The highest BCUT2D eigenvalue weighted by Crippen LogP contribution is 2.28. The van der Waals surface area contributed by atoms with Crippen LogP contribution in [0.3, 0.4) is 0 Å². The second-order valence-electron chi connectivity index (χ2n) is 9.58. The van der Waals surface area contributed by atoms with Crippen molar-refractivity contribution in [2.75, 3.05) is 27.5 Å². The molecule has 0 unspecified atom stereocenters. The molecule has 188 valence electrons. The molecule has 0 bridgehead atoms. The van der Waals surface area contributed by atoms with E-state index in [9.17, 15) is 9.50 Å². The zero-order valence-corrected chi connectivity index (χ0v) is 21.0. The maximum Gasteiger partial charge on any atom is 0.0785 e. The van der Waals surface area contributed by atoms with Crippen LogP contribution in [0.1, 0.15) is 47.9 Å². The van der Waals surface area contributed by atoms with Crippen LogP contribution in [0.5, 0.6) is 0 Å². The van der Waals surface area contributed by atoms with Crippen molar-refractivity contribution in [3.05, 3.63) is 72.1 Å². The smallest absolute Gasteiger partial charge is 0.0785 e. The predicted molar refractivity (Wildman–Crippen MR) is 145 cm³/mol. The van der Waals surface area contributed by atoms with Gasteiger partial charge in [-0.05, 0) is 76.6 Å². The summed E-state index contributed by atoms with van der Waals surface area (Å²) in [5.41, 5.74) is 4.68. The van der Waals surface area contributed by atoms with Crippen LogP contribution < -0.4 is 0 Å². The molecule has 0 fully saturated rings. The van der Waals surface area contributed by atoms with Gasteiger partial charge in [0.05, 0.1) is 32.8 Å². The molecule has 4 rings (SSSR count). The second-order valence-corrected chi connectivity index (χ2v) is 9.58. The summed E-state index contributed by atoms with van der Waals surface area (Å²) >= 11 is 0. The molecule has 0 atom stereocenters. The number of hydrogen-bond donors (Lipinski definition) is 1. The fourth-order valence-electron chi connectivity index (χ4n) is 4.68. The summed E-state index contributed by atoms with van der Waals surface area (Å²) in [6, 6.07) is 21.1. The van der Waals surface area contributed by atoms with Gasteiger partial charge in [-0.25, -0.2) is 0 Å². The topological polar surface area (TPSA) is 39.3 Å².